The standard InChI is InChI=1S/C15H24N2O2/c1-3-4-8-11-17(2)14(15(18)19-16)12-13-9-6-5-7-10-13/h5-7,9-10,14H,3-4,8,11-12,16H2,1-2H3/t14-/m0/s1. The van der Waals surface area contributed by atoms with Crippen LogP contribution in [-0.4, -0.2) is 30.5 Å². The third-order valence-electron chi connectivity index (χ3n) is 3.31. The monoisotopic (exact) mass is 264 g/mol. The van der Waals surface area contributed by atoms with Crippen LogP contribution in [0.15, 0.2) is 30.3 Å². The molecule has 0 saturated carbocycles. The summed E-state index contributed by atoms with van der Waals surface area (Å²) in [7, 11) is 1.94. The number of hydrogen-bond donors (Lipinski definition) is 1. The van der Waals surface area contributed by atoms with Gasteiger partial charge in [-0.2, -0.15) is 5.90 Å². The van der Waals surface area contributed by atoms with E-state index in [0.29, 0.717) is 6.42 Å². The van der Waals surface area contributed by atoms with E-state index in [1.165, 1.54) is 12.8 Å². The Balaban J connectivity index is 2.63. The summed E-state index contributed by atoms with van der Waals surface area (Å²) in [6, 6.07) is 9.61. The zero-order valence-electron chi connectivity index (χ0n) is 11.8. The molecule has 19 heavy (non-hydrogen) atoms. The predicted molar refractivity (Wildman–Crippen MR) is 76.4 cm³/mol. The number of likely N-dealkylation sites (N-methyl/N-ethyl adjacent to an activating group) is 1. The number of nitrogens with zero attached hydrogens (tertiary/aromatic N) is 1. The van der Waals surface area contributed by atoms with Gasteiger partial charge in [0.15, 0.2) is 0 Å². The number of benzene rings is 1. The Morgan fingerprint density at radius 1 is 1.32 bits per heavy atom. The summed E-state index contributed by atoms with van der Waals surface area (Å²) in [5, 5.41) is 0. The fraction of sp³-hybridized carbons (Fsp3) is 0.533. The van der Waals surface area contributed by atoms with E-state index in [1.54, 1.807) is 0 Å². The molecule has 0 aliphatic carbocycles. The first-order chi connectivity index (χ1) is 9.19. The Morgan fingerprint density at radius 3 is 2.58 bits per heavy atom. The molecule has 4 nitrogen and oxygen atoms in total. The molecular weight excluding hydrogens is 240 g/mol. The molecule has 0 spiro atoms. The Kier molecular flexibility index (Phi) is 7.15. The van der Waals surface area contributed by atoms with Crippen molar-refractivity contribution in [2.75, 3.05) is 13.6 Å². The lowest BCUT2D eigenvalue weighted by atomic mass is 10.0. The van der Waals surface area contributed by atoms with Crippen molar-refractivity contribution >= 4 is 5.97 Å². The maximum Gasteiger partial charge on any atom is 0.342 e. The highest BCUT2D eigenvalue weighted by Crippen LogP contribution is 2.10. The van der Waals surface area contributed by atoms with E-state index in [1.807, 2.05) is 42.3 Å². The molecule has 0 unspecified atom stereocenters. The van der Waals surface area contributed by atoms with Crippen LogP contribution in [0, 0.1) is 0 Å². The summed E-state index contributed by atoms with van der Waals surface area (Å²) in [6.45, 7) is 3.04. The molecule has 2 N–H and O–H groups in total. The minimum atomic E-state index is -0.372. The molecule has 0 saturated heterocycles. The quantitative estimate of drug-likeness (QED) is 0.577. The van der Waals surface area contributed by atoms with Crippen molar-refractivity contribution in [3.05, 3.63) is 35.9 Å². The van der Waals surface area contributed by atoms with Crippen LogP contribution in [0.25, 0.3) is 0 Å². The average molecular weight is 264 g/mol. The molecule has 1 aromatic carbocycles. The highest BCUT2D eigenvalue weighted by molar-refractivity contribution is 5.75. The van der Waals surface area contributed by atoms with Gasteiger partial charge >= 0.3 is 5.97 Å². The molecule has 106 valence electrons. The van der Waals surface area contributed by atoms with Crippen LogP contribution in [-0.2, 0) is 16.1 Å². The number of unbranched alkanes of at least 4 members (excludes halogenated alkanes) is 2. The van der Waals surface area contributed by atoms with Crippen molar-refractivity contribution in [1.29, 1.82) is 0 Å². The Bertz CT molecular complexity index is 368. The molecule has 1 atom stereocenters. The second-order valence-electron chi connectivity index (χ2n) is 4.83. The fourth-order valence-electron chi connectivity index (χ4n) is 2.10. The molecule has 1 aromatic rings. The molecule has 4 heteroatoms. The summed E-state index contributed by atoms with van der Waals surface area (Å²) in [6.07, 6.45) is 4.04. The lowest BCUT2D eigenvalue weighted by molar-refractivity contribution is -0.150. The number of hydrogen-bond acceptors (Lipinski definition) is 4. The Labute approximate surface area is 115 Å². The van der Waals surface area contributed by atoms with Crippen LogP contribution in [0.1, 0.15) is 31.7 Å². The van der Waals surface area contributed by atoms with Gasteiger partial charge in [0.2, 0.25) is 0 Å². The molecular formula is C15H24N2O2. The van der Waals surface area contributed by atoms with E-state index in [0.717, 1.165) is 18.5 Å². The second kappa shape index (κ2) is 8.67. The minimum absolute atomic E-state index is 0.316. The van der Waals surface area contributed by atoms with E-state index in [9.17, 15) is 4.79 Å². The van der Waals surface area contributed by atoms with Crippen LogP contribution in [0.2, 0.25) is 0 Å². The normalized spacial score (nSPS) is 12.4. The van der Waals surface area contributed by atoms with Crippen molar-refractivity contribution in [3.8, 4) is 0 Å². The highest BCUT2D eigenvalue weighted by atomic mass is 16.7. The molecule has 0 aliphatic rings. The van der Waals surface area contributed by atoms with Gasteiger partial charge in [0.1, 0.15) is 6.04 Å². The van der Waals surface area contributed by atoms with Gasteiger partial charge in [-0.25, -0.2) is 4.79 Å². The van der Waals surface area contributed by atoms with Gasteiger partial charge in [-0.3, -0.25) is 4.90 Å². The highest BCUT2D eigenvalue weighted by Gasteiger charge is 2.24. The lowest BCUT2D eigenvalue weighted by Crippen LogP contribution is -2.42. The first-order valence-corrected chi connectivity index (χ1v) is 6.83. The van der Waals surface area contributed by atoms with Gasteiger partial charge in [0.05, 0.1) is 0 Å². The predicted octanol–water partition coefficient (Wildman–Crippen LogP) is 2.14. The van der Waals surface area contributed by atoms with Gasteiger partial charge in [-0.15, -0.1) is 0 Å². The first kappa shape index (κ1) is 15.7. The molecule has 0 bridgehead atoms. The zero-order chi connectivity index (χ0) is 14.1. The van der Waals surface area contributed by atoms with Crippen molar-refractivity contribution in [2.45, 2.75) is 38.6 Å². The minimum Gasteiger partial charge on any atom is -0.372 e. The van der Waals surface area contributed by atoms with Gasteiger partial charge in [-0.05, 0) is 32.0 Å². The summed E-state index contributed by atoms with van der Waals surface area (Å²) in [5.41, 5.74) is 1.11. The topological polar surface area (TPSA) is 55.6 Å². The summed E-state index contributed by atoms with van der Waals surface area (Å²) >= 11 is 0. The Morgan fingerprint density at radius 2 is 2.00 bits per heavy atom. The maximum absolute atomic E-state index is 11.8. The first-order valence-electron chi connectivity index (χ1n) is 6.83. The smallest absolute Gasteiger partial charge is 0.342 e. The number of carbonyl (C=O) groups excluding carboxylic acids is 1. The van der Waals surface area contributed by atoms with Crippen LogP contribution >= 0.6 is 0 Å². The molecule has 0 aliphatic heterocycles. The van der Waals surface area contributed by atoms with Crippen LogP contribution < -0.4 is 5.90 Å². The molecule has 0 heterocycles. The van der Waals surface area contributed by atoms with E-state index in [-0.39, 0.29) is 12.0 Å². The SMILES string of the molecule is CCCCCN(C)[C@@H](Cc1ccccc1)C(=O)ON. The van der Waals surface area contributed by atoms with E-state index in [4.69, 9.17) is 5.90 Å². The third kappa shape index (κ3) is 5.41. The van der Waals surface area contributed by atoms with Crippen molar-refractivity contribution < 1.29 is 9.63 Å². The number of rotatable bonds is 8. The van der Waals surface area contributed by atoms with Gasteiger partial charge < -0.3 is 4.84 Å². The summed E-state index contributed by atoms with van der Waals surface area (Å²) in [4.78, 5) is 18.3. The molecule has 0 fully saturated rings. The van der Waals surface area contributed by atoms with Gasteiger partial charge in [-0.1, -0.05) is 50.1 Å². The van der Waals surface area contributed by atoms with E-state index < -0.39 is 0 Å². The number of nitrogens with two attached hydrogens (primary N) is 1. The van der Waals surface area contributed by atoms with E-state index >= 15 is 0 Å². The van der Waals surface area contributed by atoms with Crippen LogP contribution in [0.5, 0.6) is 0 Å². The Hall–Kier alpha value is -1.39. The average Bonchev–Trinajstić information content (AvgIpc) is 2.45. The lowest BCUT2D eigenvalue weighted by Gasteiger charge is -2.25. The third-order valence-corrected chi connectivity index (χ3v) is 3.31. The number of carbonyl (C=O) groups is 1. The van der Waals surface area contributed by atoms with Gasteiger partial charge in [0, 0.05) is 0 Å². The largest absolute Gasteiger partial charge is 0.372 e. The molecule has 0 amide bonds. The van der Waals surface area contributed by atoms with Crippen molar-refractivity contribution in [1.82, 2.24) is 4.90 Å². The zero-order valence-corrected chi connectivity index (χ0v) is 11.8. The van der Waals surface area contributed by atoms with Crippen molar-refractivity contribution in [3.63, 3.8) is 0 Å². The molecule has 1 rings (SSSR count). The molecule has 0 aromatic heterocycles. The van der Waals surface area contributed by atoms with Crippen LogP contribution in [0.4, 0.5) is 0 Å². The van der Waals surface area contributed by atoms with E-state index in [2.05, 4.69) is 11.8 Å². The van der Waals surface area contributed by atoms with Crippen LogP contribution in [0.3, 0.4) is 0 Å². The fourth-order valence-corrected chi connectivity index (χ4v) is 2.10. The summed E-state index contributed by atoms with van der Waals surface area (Å²) in [5.74, 6) is 4.67. The second-order valence-corrected chi connectivity index (χ2v) is 4.83. The van der Waals surface area contributed by atoms with Crippen molar-refractivity contribution in [2.24, 2.45) is 5.90 Å². The maximum atomic E-state index is 11.8. The van der Waals surface area contributed by atoms with Gasteiger partial charge in [0.25, 0.3) is 0 Å². The molecule has 0 radical (unpaired) electrons. The summed E-state index contributed by atoms with van der Waals surface area (Å²) < 4.78 is 0.